The molecule has 0 saturated carbocycles. The van der Waals surface area contributed by atoms with E-state index in [0.29, 0.717) is 10.4 Å². The maximum atomic E-state index is 12.4. The third-order valence-corrected chi connectivity index (χ3v) is 4.80. The van der Waals surface area contributed by atoms with Gasteiger partial charge in [-0.1, -0.05) is 12.1 Å². The molecule has 2 amide bonds. The maximum Gasteiger partial charge on any atom is 0.291 e. The van der Waals surface area contributed by atoms with E-state index in [1.807, 2.05) is 56.3 Å². The zero-order valence-electron chi connectivity index (χ0n) is 16.5. The molecule has 1 aromatic heterocycles. The molecule has 1 heterocycles. The van der Waals surface area contributed by atoms with Gasteiger partial charge in [-0.05, 0) is 76.4 Å². The lowest BCUT2D eigenvalue weighted by atomic mass is 10.1. The van der Waals surface area contributed by atoms with Gasteiger partial charge in [0.2, 0.25) is 5.91 Å². The number of rotatable bonds is 6. The lowest BCUT2D eigenvalue weighted by molar-refractivity contribution is -0.115. The van der Waals surface area contributed by atoms with Crippen molar-refractivity contribution in [3.63, 3.8) is 0 Å². The highest BCUT2D eigenvalue weighted by atomic mass is 79.9. The van der Waals surface area contributed by atoms with E-state index in [1.165, 1.54) is 0 Å². The fraction of sp³-hybridized carbons (Fsp3) is 0.182. The summed E-state index contributed by atoms with van der Waals surface area (Å²) in [6.45, 7) is 1.97. The van der Waals surface area contributed by atoms with Crippen LogP contribution in [0.4, 0.5) is 17.1 Å². The van der Waals surface area contributed by atoms with Gasteiger partial charge in [-0.15, -0.1) is 0 Å². The number of halogens is 1. The molecule has 2 aromatic carbocycles. The topological polar surface area (TPSA) is 74.6 Å². The normalized spacial score (nSPS) is 10.5. The van der Waals surface area contributed by atoms with Gasteiger partial charge in [-0.2, -0.15) is 0 Å². The summed E-state index contributed by atoms with van der Waals surface area (Å²) in [5.74, 6) is -0.211. The van der Waals surface area contributed by atoms with Gasteiger partial charge in [0.15, 0.2) is 10.4 Å². The van der Waals surface area contributed by atoms with Crippen LogP contribution >= 0.6 is 15.9 Å². The summed E-state index contributed by atoms with van der Waals surface area (Å²) in [5.41, 5.74) is 4.37. The average molecular weight is 456 g/mol. The molecule has 29 heavy (non-hydrogen) atoms. The lowest BCUT2D eigenvalue weighted by Gasteiger charge is -2.15. The number of furan rings is 1. The van der Waals surface area contributed by atoms with Crippen LogP contribution in [0.15, 0.2) is 63.7 Å². The summed E-state index contributed by atoms with van der Waals surface area (Å²) in [7, 11) is 3.96. The molecule has 0 aliphatic carbocycles. The van der Waals surface area contributed by atoms with Crippen LogP contribution in [0.3, 0.4) is 0 Å². The zero-order valence-corrected chi connectivity index (χ0v) is 18.0. The molecule has 0 unspecified atom stereocenters. The van der Waals surface area contributed by atoms with Crippen LogP contribution in [-0.2, 0) is 11.2 Å². The molecule has 0 aliphatic heterocycles. The predicted molar refractivity (Wildman–Crippen MR) is 119 cm³/mol. The van der Waals surface area contributed by atoms with Crippen molar-refractivity contribution in [3.8, 4) is 0 Å². The van der Waals surface area contributed by atoms with Gasteiger partial charge < -0.3 is 20.0 Å². The number of hydrogen-bond donors (Lipinski definition) is 2. The minimum Gasteiger partial charge on any atom is -0.444 e. The molecule has 0 radical (unpaired) electrons. The number of hydrogen-bond acceptors (Lipinski definition) is 4. The second-order valence-corrected chi connectivity index (χ2v) is 7.65. The van der Waals surface area contributed by atoms with Crippen molar-refractivity contribution < 1.29 is 14.0 Å². The molecule has 0 saturated heterocycles. The van der Waals surface area contributed by atoms with E-state index in [-0.39, 0.29) is 24.0 Å². The average Bonchev–Trinajstić information content (AvgIpc) is 3.11. The Labute approximate surface area is 178 Å². The molecule has 0 bridgehead atoms. The predicted octanol–water partition coefficient (Wildman–Crippen LogP) is 4.85. The summed E-state index contributed by atoms with van der Waals surface area (Å²) in [6, 6.07) is 16.3. The fourth-order valence-corrected chi connectivity index (χ4v) is 3.09. The number of aryl methyl sites for hydroxylation is 1. The number of carbonyl (C=O) groups is 2. The number of nitrogens with zero attached hydrogens (tertiary/aromatic N) is 1. The van der Waals surface area contributed by atoms with Crippen LogP contribution in [0.25, 0.3) is 0 Å². The molecular weight excluding hydrogens is 434 g/mol. The van der Waals surface area contributed by atoms with E-state index < -0.39 is 0 Å². The maximum absolute atomic E-state index is 12.4. The smallest absolute Gasteiger partial charge is 0.291 e. The van der Waals surface area contributed by atoms with Crippen molar-refractivity contribution in [2.45, 2.75) is 13.3 Å². The summed E-state index contributed by atoms with van der Waals surface area (Å²) in [4.78, 5) is 26.5. The first-order valence-corrected chi connectivity index (χ1v) is 9.84. The Kier molecular flexibility index (Phi) is 6.39. The summed E-state index contributed by atoms with van der Waals surface area (Å²) >= 11 is 3.17. The number of benzene rings is 2. The van der Waals surface area contributed by atoms with Gasteiger partial charge in [-0.25, -0.2) is 0 Å². The van der Waals surface area contributed by atoms with E-state index >= 15 is 0 Å². The third-order valence-electron chi connectivity index (χ3n) is 4.37. The molecule has 0 atom stereocenters. The van der Waals surface area contributed by atoms with Crippen LogP contribution in [0.1, 0.15) is 21.7 Å². The Morgan fingerprint density at radius 1 is 1.00 bits per heavy atom. The van der Waals surface area contributed by atoms with Gasteiger partial charge >= 0.3 is 0 Å². The number of carbonyl (C=O) groups excluding carboxylic acids is 2. The van der Waals surface area contributed by atoms with Gasteiger partial charge in [0, 0.05) is 31.2 Å². The first-order chi connectivity index (χ1) is 13.8. The van der Waals surface area contributed by atoms with Crippen LogP contribution in [0, 0.1) is 6.92 Å². The van der Waals surface area contributed by atoms with Crippen LogP contribution in [0.5, 0.6) is 0 Å². The Balaban J connectivity index is 1.58. The fourth-order valence-electron chi connectivity index (χ4n) is 2.78. The summed E-state index contributed by atoms with van der Waals surface area (Å²) in [5, 5.41) is 5.71. The highest BCUT2D eigenvalue weighted by Crippen LogP contribution is 2.22. The minimum atomic E-state index is -0.335. The third kappa shape index (κ3) is 5.48. The first kappa shape index (κ1) is 20.7. The van der Waals surface area contributed by atoms with Gasteiger partial charge in [0.1, 0.15) is 0 Å². The van der Waals surface area contributed by atoms with E-state index in [4.69, 9.17) is 4.42 Å². The molecule has 2 N–H and O–H groups in total. The monoisotopic (exact) mass is 455 g/mol. The van der Waals surface area contributed by atoms with E-state index in [0.717, 1.165) is 22.5 Å². The molecule has 3 rings (SSSR count). The minimum absolute atomic E-state index is 0.0945. The largest absolute Gasteiger partial charge is 0.444 e. The Morgan fingerprint density at radius 3 is 2.31 bits per heavy atom. The van der Waals surface area contributed by atoms with Crippen molar-refractivity contribution >= 4 is 44.8 Å². The quantitative estimate of drug-likeness (QED) is 0.556. The van der Waals surface area contributed by atoms with Crippen molar-refractivity contribution in [1.29, 1.82) is 0 Å². The summed E-state index contributed by atoms with van der Waals surface area (Å²) < 4.78 is 5.73. The van der Waals surface area contributed by atoms with Gasteiger partial charge in [0.25, 0.3) is 5.91 Å². The standard InChI is InChI=1S/C22H22BrN3O3/c1-14-12-17(26(2)3)8-9-18(14)25-21(27)13-15-4-6-16(7-5-15)24-22(28)19-10-11-20(23)29-19/h4-12H,13H2,1-3H3,(H,24,28)(H,25,27). The first-order valence-electron chi connectivity index (χ1n) is 9.05. The van der Waals surface area contributed by atoms with E-state index in [2.05, 4.69) is 26.6 Å². The molecule has 150 valence electrons. The van der Waals surface area contributed by atoms with Crippen molar-refractivity contribution in [1.82, 2.24) is 0 Å². The van der Waals surface area contributed by atoms with Crippen LogP contribution in [0.2, 0.25) is 0 Å². The Hall–Kier alpha value is -3.06. The molecular formula is C22H22BrN3O3. The van der Waals surface area contributed by atoms with E-state index in [9.17, 15) is 9.59 Å². The number of amides is 2. The number of nitrogens with one attached hydrogen (secondary N) is 2. The molecule has 3 aromatic rings. The van der Waals surface area contributed by atoms with Crippen molar-refractivity contribution in [2.24, 2.45) is 0 Å². The molecule has 0 spiro atoms. The van der Waals surface area contributed by atoms with Crippen LogP contribution < -0.4 is 15.5 Å². The zero-order chi connectivity index (χ0) is 21.0. The van der Waals surface area contributed by atoms with Crippen LogP contribution in [-0.4, -0.2) is 25.9 Å². The molecule has 0 fully saturated rings. The molecule has 7 heteroatoms. The van der Waals surface area contributed by atoms with E-state index in [1.54, 1.807) is 24.3 Å². The van der Waals surface area contributed by atoms with Gasteiger partial charge in [-0.3, -0.25) is 9.59 Å². The van der Waals surface area contributed by atoms with Crippen molar-refractivity contribution in [2.75, 3.05) is 29.6 Å². The Morgan fingerprint density at radius 2 is 1.72 bits per heavy atom. The number of anilines is 3. The van der Waals surface area contributed by atoms with Crippen molar-refractivity contribution in [3.05, 3.63) is 76.2 Å². The second-order valence-electron chi connectivity index (χ2n) is 6.87. The summed E-state index contributed by atoms with van der Waals surface area (Å²) in [6.07, 6.45) is 0.244. The molecule has 0 aliphatic rings. The SMILES string of the molecule is Cc1cc(N(C)C)ccc1NC(=O)Cc1ccc(NC(=O)c2ccc(Br)o2)cc1. The Bertz CT molecular complexity index is 1030. The lowest BCUT2D eigenvalue weighted by Crippen LogP contribution is -2.16. The second kappa shape index (κ2) is 8.96. The van der Waals surface area contributed by atoms with Gasteiger partial charge in [0.05, 0.1) is 6.42 Å². The highest BCUT2D eigenvalue weighted by molar-refractivity contribution is 9.10. The highest BCUT2D eigenvalue weighted by Gasteiger charge is 2.11. The molecule has 6 nitrogen and oxygen atoms in total.